The van der Waals surface area contributed by atoms with Crippen molar-refractivity contribution in [3.8, 4) is 0 Å². The molecule has 1 saturated heterocycles. The van der Waals surface area contributed by atoms with Crippen molar-refractivity contribution in [3.63, 3.8) is 0 Å². The third-order valence-corrected chi connectivity index (χ3v) is 3.35. The molecule has 0 aliphatic carbocycles. The maximum absolute atomic E-state index is 13.6. The Morgan fingerprint density at radius 2 is 2.11 bits per heavy atom. The van der Waals surface area contributed by atoms with Crippen LogP contribution in [0, 0.1) is 11.7 Å². The number of hydrogen-bond donors (Lipinski definition) is 0. The number of amides is 1. The maximum Gasteiger partial charge on any atom is 0.310 e. The average molecular weight is 265 g/mol. The van der Waals surface area contributed by atoms with E-state index in [2.05, 4.69) is 0 Å². The van der Waals surface area contributed by atoms with Gasteiger partial charge in [-0.25, -0.2) is 4.39 Å². The number of benzene rings is 1. The summed E-state index contributed by atoms with van der Waals surface area (Å²) in [6, 6.07) is 5.88. The maximum atomic E-state index is 13.6. The number of halogens is 1. The molecule has 2 rings (SSSR count). The van der Waals surface area contributed by atoms with Gasteiger partial charge >= 0.3 is 5.97 Å². The average Bonchev–Trinajstić information content (AvgIpc) is 2.46. The zero-order valence-electron chi connectivity index (χ0n) is 10.8. The van der Waals surface area contributed by atoms with Crippen LogP contribution in [0.4, 0.5) is 4.39 Å². The Hall–Kier alpha value is -1.91. The molecule has 102 valence electrons. The van der Waals surface area contributed by atoms with Crippen LogP contribution in [0.25, 0.3) is 0 Å². The molecule has 1 aromatic rings. The number of esters is 1. The second kappa shape index (κ2) is 5.82. The van der Waals surface area contributed by atoms with Crippen molar-refractivity contribution in [3.05, 3.63) is 35.6 Å². The molecule has 1 heterocycles. The van der Waals surface area contributed by atoms with Crippen LogP contribution < -0.4 is 0 Å². The molecule has 1 aliphatic rings. The van der Waals surface area contributed by atoms with Gasteiger partial charge in [-0.05, 0) is 25.0 Å². The fraction of sp³-hybridized carbons (Fsp3) is 0.429. The Bertz CT molecular complexity index is 489. The molecule has 0 saturated carbocycles. The van der Waals surface area contributed by atoms with Gasteiger partial charge in [0.2, 0.25) is 0 Å². The predicted molar refractivity (Wildman–Crippen MR) is 67.0 cm³/mol. The van der Waals surface area contributed by atoms with Crippen LogP contribution in [-0.2, 0) is 9.53 Å². The summed E-state index contributed by atoms with van der Waals surface area (Å²) in [6.45, 7) is 0.834. The second-order valence-electron chi connectivity index (χ2n) is 4.59. The third-order valence-electron chi connectivity index (χ3n) is 3.35. The molecule has 0 bridgehead atoms. The molecule has 1 atom stereocenters. The summed E-state index contributed by atoms with van der Waals surface area (Å²) < 4.78 is 18.3. The third kappa shape index (κ3) is 2.92. The first kappa shape index (κ1) is 13.5. The number of likely N-dealkylation sites (tertiary alicyclic amines) is 1. The predicted octanol–water partition coefficient (Wildman–Crippen LogP) is 1.85. The molecule has 0 N–H and O–H groups in total. The highest BCUT2D eigenvalue weighted by Gasteiger charge is 2.30. The van der Waals surface area contributed by atoms with Crippen LogP contribution in [0.5, 0.6) is 0 Å². The molecule has 4 nitrogen and oxygen atoms in total. The molecule has 1 fully saturated rings. The molecule has 19 heavy (non-hydrogen) atoms. The van der Waals surface area contributed by atoms with Crippen LogP contribution in [0.15, 0.2) is 24.3 Å². The zero-order chi connectivity index (χ0) is 13.8. The van der Waals surface area contributed by atoms with E-state index in [1.54, 1.807) is 12.1 Å². The molecule has 1 amide bonds. The quantitative estimate of drug-likeness (QED) is 0.767. The molecular weight excluding hydrogens is 249 g/mol. The lowest BCUT2D eigenvalue weighted by molar-refractivity contribution is -0.146. The lowest BCUT2D eigenvalue weighted by Crippen LogP contribution is -2.42. The summed E-state index contributed by atoms with van der Waals surface area (Å²) in [5.74, 6) is -1.53. The van der Waals surface area contributed by atoms with Gasteiger partial charge in [-0.3, -0.25) is 9.59 Å². The first-order chi connectivity index (χ1) is 9.13. The van der Waals surface area contributed by atoms with Crippen molar-refractivity contribution in [2.75, 3.05) is 20.2 Å². The Morgan fingerprint density at radius 1 is 1.37 bits per heavy atom. The first-order valence-corrected chi connectivity index (χ1v) is 6.25. The Balaban J connectivity index is 2.11. The molecule has 1 aromatic carbocycles. The van der Waals surface area contributed by atoms with Crippen LogP contribution in [0.3, 0.4) is 0 Å². The van der Waals surface area contributed by atoms with Crippen molar-refractivity contribution in [2.24, 2.45) is 5.92 Å². The van der Waals surface area contributed by atoms with Gasteiger partial charge in [0.05, 0.1) is 18.6 Å². The standard InChI is InChI=1S/C14H16FNO3/c1-19-14(18)10-5-4-8-16(9-10)13(17)11-6-2-3-7-12(11)15/h2-3,6-7,10H,4-5,8-9H2,1H3/t10-/m1/s1. The van der Waals surface area contributed by atoms with Gasteiger partial charge in [0.1, 0.15) is 5.82 Å². The van der Waals surface area contributed by atoms with E-state index in [0.717, 1.165) is 6.42 Å². The highest BCUT2D eigenvalue weighted by Crippen LogP contribution is 2.20. The van der Waals surface area contributed by atoms with Gasteiger partial charge < -0.3 is 9.64 Å². The fourth-order valence-electron chi connectivity index (χ4n) is 2.33. The van der Waals surface area contributed by atoms with E-state index in [1.165, 1.54) is 24.1 Å². The molecule has 0 spiro atoms. The van der Waals surface area contributed by atoms with Crippen molar-refractivity contribution in [1.82, 2.24) is 4.90 Å². The van der Waals surface area contributed by atoms with Crippen LogP contribution in [-0.4, -0.2) is 37.0 Å². The number of methoxy groups -OCH3 is 1. The van der Waals surface area contributed by atoms with Gasteiger partial charge in [-0.1, -0.05) is 12.1 Å². The SMILES string of the molecule is COC(=O)[C@@H]1CCCN(C(=O)c2ccccc2F)C1. The molecule has 0 aromatic heterocycles. The lowest BCUT2D eigenvalue weighted by Gasteiger charge is -2.31. The van der Waals surface area contributed by atoms with Crippen LogP contribution >= 0.6 is 0 Å². The fourth-order valence-corrected chi connectivity index (χ4v) is 2.33. The molecule has 1 aliphatic heterocycles. The number of rotatable bonds is 2. The molecule has 0 unspecified atom stereocenters. The van der Waals surface area contributed by atoms with Gasteiger partial charge in [-0.2, -0.15) is 0 Å². The minimum atomic E-state index is -0.535. The molecule has 0 radical (unpaired) electrons. The highest BCUT2D eigenvalue weighted by atomic mass is 19.1. The molecule has 5 heteroatoms. The summed E-state index contributed by atoms with van der Waals surface area (Å²) in [5.41, 5.74) is 0.0491. The number of nitrogens with zero attached hydrogens (tertiary/aromatic N) is 1. The number of hydrogen-bond acceptors (Lipinski definition) is 3. The zero-order valence-corrected chi connectivity index (χ0v) is 10.8. The van der Waals surface area contributed by atoms with Gasteiger partial charge in [-0.15, -0.1) is 0 Å². The first-order valence-electron chi connectivity index (χ1n) is 6.25. The Morgan fingerprint density at radius 3 is 2.79 bits per heavy atom. The van der Waals surface area contributed by atoms with E-state index in [-0.39, 0.29) is 23.4 Å². The lowest BCUT2D eigenvalue weighted by atomic mass is 9.97. The van der Waals surface area contributed by atoms with Gasteiger partial charge in [0.25, 0.3) is 5.91 Å². The van der Waals surface area contributed by atoms with Gasteiger partial charge in [0, 0.05) is 13.1 Å². The van der Waals surface area contributed by atoms with Crippen LogP contribution in [0.2, 0.25) is 0 Å². The number of ether oxygens (including phenoxy) is 1. The second-order valence-corrected chi connectivity index (χ2v) is 4.59. The van der Waals surface area contributed by atoms with Crippen molar-refractivity contribution >= 4 is 11.9 Å². The monoisotopic (exact) mass is 265 g/mol. The Labute approximate surface area is 111 Å². The summed E-state index contributed by atoms with van der Waals surface area (Å²) in [5, 5.41) is 0. The Kier molecular flexibility index (Phi) is 4.14. The summed E-state index contributed by atoms with van der Waals surface area (Å²) in [4.78, 5) is 25.2. The van der Waals surface area contributed by atoms with Crippen LogP contribution in [0.1, 0.15) is 23.2 Å². The number of carbonyl (C=O) groups is 2. The minimum absolute atomic E-state index is 0.0491. The minimum Gasteiger partial charge on any atom is -0.469 e. The summed E-state index contributed by atoms with van der Waals surface area (Å²) >= 11 is 0. The van der Waals surface area contributed by atoms with E-state index in [9.17, 15) is 14.0 Å². The van der Waals surface area contributed by atoms with E-state index in [1.807, 2.05) is 0 Å². The van der Waals surface area contributed by atoms with Gasteiger partial charge in [0.15, 0.2) is 0 Å². The van der Waals surface area contributed by atoms with E-state index in [4.69, 9.17) is 4.74 Å². The smallest absolute Gasteiger partial charge is 0.310 e. The normalized spacial score (nSPS) is 19.1. The summed E-state index contributed by atoms with van der Waals surface area (Å²) in [7, 11) is 1.33. The van der Waals surface area contributed by atoms with Crippen molar-refractivity contribution in [1.29, 1.82) is 0 Å². The van der Waals surface area contributed by atoms with E-state index in [0.29, 0.717) is 19.5 Å². The molecular formula is C14H16FNO3. The number of carbonyl (C=O) groups excluding carboxylic acids is 2. The van der Waals surface area contributed by atoms with E-state index < -0.39 is 5.82 Å². The van der Waals surface area contributed by atoms with Crippen molar-refractivity contribution < 1.29 is 18.7 Å². The van der Waals surface area contributed by atoms with E-state index >= 15 is 0 Å². The topological polar surface area (TPSA) is 46.6 Å². The summed E-state index contributed by atoms with van der Waals surface area (Å²) in [6.07, 6.45) is 1.42. The highest BCUT2D eigenvalue weighted by molar-refractivity contribution is 5.94. The number of piperidine rings is 1. The van der Waals surface area contributed by atoms with Crippen molar-refractivity contribution in [2.45, 2.75) is 12.8 Å². The largest absolute Gasteiger partial charge is 0.469 e.